The van der Waals surface area contributed by atoms with E-state index in [0.717, 1.165) is 66.5 Å². The van der Waals surface area contributed by atoms with Gasteiger partial charge >= 0.3 is 0 Å². The van der Waals surface area contributed by atoms with Gasteiger partial charge in [-0.1, -0.05) is 176 Å². The topological polar surface area (TPSA) is 43.9 Å². The van der Waals surface area contributed by atoms with E-state index in [4.69, 9.17) is 14.4 Å². The van der Waals surface area contributed by atoms with Crippen LogP contribution in [0.15, 0.2) is 217 Å². The Morgan fingerprint density at radius 3 is 1.56 bits per heavy atom. The number of nitrogens with zero attached hydrogens (tertiary/aromatic N) is 3. The highest BCUT2D eigenvalue weighted by Crippen LogP contribution is 2.46. The maximum Gasteiger partial charge on any atom is 0.180 e. The minimum Gasteiger partial charge on any atom is -0.451 e. The van der Waals surface area contributed by atoms with Gasteiger partial charge in [0.2, 0.25) is 0 Å². The van der Waals surface area contributed by atoms with Gasteiger partial charge in [0, 0.05) is 32.8 Å². The number of rotatable bonds is 5. The quantitative estimate of drug-likeness (QED) is 0.163. The summed E-state index contributed by atoms with van der Waals surface area (Å²) in [5.74, 6) is 0.644. The molecule has 0 bridgehead atoms. The molecule has 13 rings (SSSR count). The molecule has 13 aromatic rings. The van der Waals surface area contributed by atoms with E-state index in [-0.39, 0.29) is 0 Å². The third-order valence-corrected chi connectivity index (χ3v) is 12.6. The first-order valence-corrected chi connectivity index (χ1v) is 21.1. The molecule has 62 heavy (non-hydrogen) atoms. The van der Waals surface area contributed by atoms with Gasteiger partial charge in [0.1, 0.15) is 16.8 Å². The summed E-state index contributed by atoms with van der Waals surface area (Å²) >= 11 is 0. The summed E-state index contributed by atoms with van der Waals surface area (Å²) in [7, 11) is 0. The molecule has 3 heterocycles. The molecule has 0 N–H and O–H groups in total. The monoisotopic (exact) mass is 789 g/mol. The molecule has 0 atom stereocenters. The predicted molar refractivity (Wildman–Crippen MR) is 258 cm³/mol. The molecular formula is C58H35N3O. The lowest BCUT2D eigenvalue weighted by Gasteiger charge is -2.18. The summed E-state index contributed by atoms with van der Waals surface area (Å²) in [5, 5.41) is 10.5. The number of hydrogen-bond donors (Lipinski definition) is 0. The summed E-state index contributed by atoms with van der Waals surface area (Å²) in [5.41, 5.74) is 12.6. The van der Waals surface area contributed by atoms with Crippen LogP contribution in [0.2, 0.25) is 0 Å². The predicted octanol–water partition coefficient (Wildman–Crippen LogP) is 15.6. The smallest absolute Gasteiger partial charge is 0.180 e. The lowest BCUT2D eigenvalue weighted by molar-refractivity contribution is 0.668. The van der Waals surface area contributed by atoms with E-state index < -0.39 is 0 Å². The van der Waals surface area contributed by atoms with E-state index in [1.54, 1.807) is 0 Å². The molecule has 288 valence electrons. The van der Waals surface area contributed by atoms with Crippen LogP contribution in [0.4, 0.5) is 0 Å². The van der Waals surface area contributed by atoms with E-state index in [9.17, 15) is 0 Å². The van der Waals surface area contributed by atoms with Gasteiger partial charge in [-0.2, -0.15) is 0 Å². The average Bonchev–Trinajstić information content (AvgIpc) is 3.90. The molecule has 0 aliphatic heterocycles. The molecule has 0 aliphatic rings. The van der Waals surface area contributed by atoms with Gasteiger partial charge in [0.05, 0.1) is 16.7 Å². The van der Waals surface area contributed by atoms with Crippen LogP contribution in [-0.4, -0.2) is 14.5 Å². The summed E-state index contributed by atoms with van der Waals surface area (Å²) in [6.07, 6.45) is 0. The Hall–Kier alpha value is -8.34. The van der Waals surface area contributed by atoms with Gasteiger partial charge in [-0.05, 0) is 85.4 Å². The SMILES string of the molecule is c1ccc(-c2ccc3c(c2)c2ccccc2n3-c2cc3c4ccccc4c4ccccc4c3cc2-c2nc(-c3ccccc3)nc3c2oc2c(-c4ccccc4)cccc23)cc1. The van der Waals surface area contributed by atoms with Gasteiger partial charge in [0.15, 0.2) is 11.4 Å². The second kappa shape index (κ2) is 13.6. The molecule has 0 unspecified atom stereocenters. The third kappa shape index (κ3) is 5.20. The van der Waals surface area contributed by atoms with Gasteiger partial charge in [-0.25, -0.2) is 9.97 Å². The maximum absolute atomic E-state index is 7.16. The van der Waals surface area contributed by atoms with Crippen LogP contribution in [-0.2, 0) is 0 Å². The fraction of sp³-hybridized carbons (Fsp3) is 0. The second-order valence-electron chi connectivity index (χ2n) is 16.0. The highest BCUT2D eigenvalue weighted by molar-refractivity contribution is 6.27. The molecule has 0 saturated heterocycles. The Labute approximate surface area is 356 Å². The van der Waals surface area contributed by atoms with Crippen molar-refractivity contribution in [2.45, 2.75) is 0 Å². The Morgan fingerprint density at radius 2 is 0.871 bits per heavy atom. The standard InChI is InChI=1S/C58H35N3O/c1-4-17-36(18-5-1)39-31-32-52-49(33-39)45-27-14-15-30-51(45)61(52)53-35-48-44-26-13-11-24-42(44)41-23-10-12-25-43(41)47(48)34-50(53)55-57-54(59-58(60-55)38-21-8-3-9-22-38)46-29-16-28-40(56(46)62-57)37-19-6-2-7-20-37/h1-35H. The fourth-order valence-corrected chi connectivity index (χ4v) is 9.77. The van der Waals surface area contributed by atoms with Gasteiger partial charge in [-0.15, -0.1) is 0 Å². The Kier molecular flexibility index (Phi) is 7.57. The normalized spacial score (nSPS) is 11.9. The van der Waals surface area contributed by atoms with Crippen molar-refractivity contribution >= 4 is 76.2 Å². The summed E-state index contributed by atoms with van der Waals surface area (Å²) < 4.78 is 9.60. The van der Waals surface area contributed by atoms with Crippen molar-refractivity contribution in [1.82, 2.24) is 14.5 Å². The summed E-state index contributed by atoms with van der Waals surface area (Å²) in [4.78, 5) is 10.9. The van der Waals surface area contributed by atoms with Crippen molar-refractivity contribution in [1.29, 1.82) is 0 Å². The molecule has 4 heteroatoms. The lowest BCUT2D eigenvalue weighted by atomic mass is 9.91. The number of para-hydroxylation sites is 2. The van der Waals surface area contributed by atoms with Crippen molar-refractivity contribution in [2.75, 3.05) is 0 Å². The van der Waals surface area contributed by atoms with E-state index in [1.807, 2.05) is 24.3 Å². The minimum atomic E-state index is 0.644. The van der Waals surface area contributed by atoms with Crippen LogP contribution >= 0.6 is 0 Å². The van der Waals surface area contributed by atoms with Crippen LogP contribution in [0.5, 0.6) is 0 Å². The molecule has 0 aliphatic carbocycles. The minimum absolute atomic E-state index is 0.644. The Bertz CT molecular complexity index is 3900. The van der Waals surface area contributed by atoms with Gasteiger partial charge in [-0.3, -0.25) is 0 Å². The zero-order valence-corrected chi connectivity index (χ0v) is 33.5. The van der Waals surface area contributed by atoms with Crippen molar-refractivity contribution in [3.63, 3.8) is 0 Å². The molecule has 0 amide bonds. The van der Waals surface area contributed by atoms with E-state index in [0.29, 0.717) is 11.4 Å². The molecule has 0 saturated carbocycles. The van der Waals surface area contributed by atoms with Crippen molar-refractivity contribution in [3.05, 3.63) is 212 Å². The number of furan rings is 1. The van der Waals surface area contributed by atoms with Crippen LogP contribution in [0.3, 0.4) is 0 Å². The van der Waals surface area contributed by atoms with E-state index in [2.05, 4.69) is 193 Å². The molecule has 3 aromatic heterocycles. The molecule has 4 nitrogen and oxygen atoms in total. The maximum atomic E-state index is 7.16. The Morgan fingerprint density at radius 1 is 0.323 bits per heavy atom. The number of aromatic nitrogens is 3. The summed E-state index contributed by atoms with van der Waals surface area (Å²) in [6.45, 7) is 0. The van der Waals surface area contributed by atoms with Crippen LogP contribution in [0.25, 0.3) is 127 Å². The first kappa shape index (κ1) is 34.5. The number of benzene rings is 10. The van der Waals surface area contributed by atoms with Crippen LogP contribution in [0.1, 0.15) is 0 Å². The van der Waals surface area contributed by atoms with E-state index >= 15 is 0 Å². The van der Waals surface area contributed by atoms with E-state index in [1.165, 1.54) is 48.8 Å². The third-order valence-electron chi connectivity index (χ3n) is 12.6. The number of hydrogen-bond acceptors (Lipinski definition) is 3. The highest BCUT2D eigenvalue weighted by Gasteiger charge is 2.25. The lowest BCUT2D eigenvalue weighted by Crippen LogP contribution is -2.01. The first-order chi connectivity index (χ1) is 30.8. The van der Waals surface area contributed by atoms with Gasteiger partial charge < -0.3 is 8.98 Å². The molecular weight excluding hydrogens is 755 g/mol. The number of fused-ring (bicyclic) bond motifs is 12. The largest absolute Gasteiger partial charge is 0.451 e. The fourth-order valence-electron chi connectivity index (χ4n) is 9.77. The molecule has 10 aromatic carbocycles. The van der Waals surface area contributed by atoms with Gasteiger partial charge in [0.25, 0.3) is 0 Å². The molecule has 0 spiro atoms. The van der Waals surface area contributed by atoms with Crippen molar-refractivity contribution in [3.8, 4) is 50.6 Å². The second-order valence-corrected chi connectivity index (χ2v) is 16.0. The zero-order valence-electron chi connectivity index (χ0n) is 33.5. The first-order valence-electron chi connectivity index (χ1n) is 21.1. The summed E-state index contributed by atoms with van der Waals surface area (Å²) in [6, 6.07) is 75.7. The zero-order chi connectivity index (χ0) is 40.7. The Balaban J connectivity index is 1.21. The molecule has 0 radical (unpaired) electrons. The van der Waals surface area contributed by atoms with Crippen LogP contribution in [0, 0.1) is 0 Å². The van der Waals surface area contributed by atoms with Crippen molar-refractivity contribution < 1.29 is 4.42 Å². The van der Waals surface area contributed by atoms with Crippen molar-refractivity contribution in [2.24, 2.45) is 0 Å². The van der Waals surface area contributed by atoms with Crippen LogP contribution < -0.4 is 0 Å². The average molecular weight is 790 g/mol. The highest BCUT2D eigenvalue weighted by atomic mass is 16.3. The molecule has 0 fully saturated rings.